The van der Waals surface area contributed by atoms with Crippen LogP contribution in [0.25, 0.3) is 11.0 Å². The highest BCUT2D eigenvalue weighted by molar-refractivity contribution is 5.95. The Bertz CT molecular complexity index is 824. The maximum Gasteiger partial charge on any atom is 0.322 e. The molecule has 2 aromatic heterocycles. The Labute approximate surface area is 121 Å². The number of H-pyrrole nitrogens is 1. The number of aromatic nitrogens is 2. The average molecular weight is 278 g/mol. The van der Waals surface area contributed by atoms with Crippen LogP contribution in [0.4, 0.5) is 10.5 Å². The van der Waals surface area contributed by atoms with E-state index in [1.165, 1.54) is 0 Å². The number of amides is 2. The van der Waals surface area contributed by atoms with E-state index < -0.39 is 0 Å². The van der Waals surface area contributed by atoms with Crippen LogP contribution in [-0.4, -0.2) is 16.0 Å². The summed E-state index contributed by atoms with van der Waals surface area (Å²) in [6.07, 6.45) is 3.67. The van der Waals surface area contributed by atoms with Crippen LogP contribution in [0.1, 0.15) is 11.1 Å². The molecule has 0 unspecified atom stereocenters. The first-order valence-corrected chi connectivity index (χ1v) is 6.87. The number of aromatic amines is 1. The minimum absolute atomic E-state index is 0.0630. The molecular weight excluding hydrogens is 264 g/mol. The number of anilines is 1. The summed E-state index contributed by atoms with van der Waals surface area (Å²) in [4.78, 5) is 21.4. The van der Waals surface area contributed by atoms with Gasteiger partial charge in [0.25, 0.3) is 0 Å². The zero-order chi connectivity index (χ0) is 14.2. The third kappa shape index (κ3) is 1.94. The molecule has 1 aromatic carbocycles. The predicted octanol–water partition coefficient (Wildman–Crippen LogP) is 2.79. The van der Waals surface area contributed by atoms with Crippen molar-refractivity contribution in [2.24, 2.45) is 0 Å². The number of nitrogens with one attached hydrogen (secondary N) is 2. The standard InChI is InChI=1S/C16H14N4O/c21-16-19-8-11-4-1-2-6-14(11)20(16)10-12-9-18-15-13(12)5-3-7-17-15/h1-7,9H,8,10H2,(H,17,18)(H,19,21). The van der Waals surface area contributed by atoms with Crippen LogP contribution in [0.3, 0.4) is 0 Å². The highest BCUT2D eigenvalue weighted by Gasteiger charge is 2.24. The molecule has 21 heavy (non-hydrogen) atoms. The van der Waals surface area contributed by atoms with Crippen LogP contribution >= 0.6 is 0 Å². The second-order valence-corrected chi connectivity index (χ2v) is 5.09. The van der Waals surface area contributed by atoms with Crippen molar-refractivity contribution in [3.05, 3.63) is 59.9 Å². The number of carbonyl (C=O) groups is 1. The number of hydrogen-bond acceptors (Lipinski definition) is 2. The first kappa shape index (κ1) is 12.0. The van der Waals surface area contributed by atoms with Gasteiger partial charge in [0, 0.05) is 24.3 Å². The lowest BCUT2D eigenvalue weighted by molar-refractivity contribution is 0.244. The summed E-state index contributed by atoms with van der Waals surface area (Å²) in [6, 6.07) is 11.8. The van der Waals surface area contributed by atoms with E-state index in [1.54, 1.807) is 11.1 Å². The number of urea groups is 1. The van der Waals surface area contributed by atoms with Crippen molar-refractivity contribution in [3.8, 4) is 0 Å². The maximum absolute atomic E-state index is 12.2. The summed E-state index contributed by atoms with van der Waals surface area (Å²) in [5.74, 6) is 0. The van der Waals surface area contributed by atoms with Gasteiger partial charge in [-0.2, -0.15) is 0 Å². The van der Waals surface area contributed by atoms with Crippen molar-refractivity contribution in [2.75, 3.05) is 4.90 Å². The van der Waals surface area contributed by atoms with Gasteiger partial charge in [0.1, 0.15) is 5.65 Å². The summed E-state index contributed by atoms with van der Waals surface area (Å²) >= 11 is 0. The number of hydrogen-bond donors (Lipinski definition) is 2. The molecule has 2 N–H and O–H groups in total. The normalized spacial score (nSPS) is 14.1. The molecule has 5 nitrogen and oxygen atoms in total. The Morgan fingerprint density at radius 3 is 3.05 bits per heavy atom. The molecule has 104 valence electrons. The van der Waals surface area contributed by atoms with E-state index >= 15 is 0 Å². The molecule has 0 saturated heterocycles. The van der Waals surface area contributed by atoms with E-state index in [9.17, 15) is 4.79 Å². The zero-order valence-corrected chi connectivity index (χ0v) is 11.3. The molecule has 0 spiro atoms. The fourth-order valence-electron chi connectivity index (χ4n) is 2.77. The minimum Gasteiger partial charge on any atom is -0.346 e. The van der Waals surface area contributed by atoms with Crippen molar-refractivity contribution >= 4 is 22.8 Å². The Balaban J connectivity index is 1.75. The summed E-state index contributed by atoms with van der Waals surface area (Å²) in [5, 5.41) is 3.96. The highest BCUT2D eigenvalue weighted by Crippen LogP contribution is 2.27. The van der Waals surface area contributed by atoms with Gasteiger partial charge >= 0.3 is 6.03 Å². The highest BCUT2D eigenvalue weighted by atomic mass is 16.2. The number of rotatable bonds is 2. The molecule has 0 atom stereocenters. The second-order valence-electron chi connectivity index (χ2n) is 5.09. The van der Waals surface area contributed by atoms with Gasteiger partial charge in [-0.05, 0) is 29.3 Å². The Morgan fingerprint density at radius 2 is 2.10 bits per heavy atom. The summed E-state index contributed by atoms with van der Waals surface area (Å²) < 4.78 is 0. The topological polar surface area (TPSA) is 61.0 Å². The molecule has 3 aromatic rings. The Kier molecular flexibility index (Phi) is 2.64. The third-order valence-corrected chi connectivity index (χ3v) is 3.82. The Hall–Kier alpha value is -2.82. The maximum atomic E-state index is 12.2. The number of para-hydroxylation sites is 1. The fourth-order valence-corrected chi connectivity index (χ4v) is 2.77. The molecule has 0 aliphatic carbocycles. The number of carbonyl (C=O) groups excluding carboxylic acids is 1. The first-order valence-electron chi connectivity index (χ1n) is 6.87. The molecule has 0 saturated carbocycles. The molecular formula is C16H14N4O. The van der Waals surface area contributed by atoms with Gasteiger partial charge in [-0.1, -0.05) is 18.2 Å². The van der Waals surface area contributed by atoms with Crippen LogP contribution in [0, 0.1) is 0 Å². The molecule has 4 rings (SSSR count). The third-order valence-electron chi connectivity index (χ3n) is 3.82. The van der Waals surface area contributed by atoms with Crippen LogP contribution in [0.15, 0.2) is 48.8 Å². The van der Waals surface area contributed by atoms with Gasteiger partial charge < -0.3 is 10.3 Å². The van der Waals surface area contributed by atoms with E-state index in [0.29, 0.717) is 13.1 Å². The lowest BCUT2D eigenvalue weighted by Gasteiger charge is -2.29. The molecule has 0 bridgehead atoms. The zero-order valence-electron chi connectivity index (χ0n) is 11.3. The molecule has 1 aliphatic heterocycles. The second kappa shape index (κ2) is 4.63. The van der Waals surface area contributed by atoms with Gasteiger partial charge in [-0.3, -0.25) is 4.90 Å². The molecule has 1 aliphatic rings. The lowest BCUT2D eigenvalue weighted by Crippen LogP contribution is -2.43. The van der Waals surface area contributed by atoms with E-state index in [2.05, 4.69) is 15.3 Å². The molecule has 5 heteroatoms. The molecule has 2 amide bonds. The Morgan fingerprint density at radius 1 is 1.19 bits per heavy atom. The number of pyridine rings is 1. The van der Waals surface area contributed by atoms with Gasteiger partial charge in [0.15, 0.2) is 0 Å². The van der Waals surface area contributed by atoms with Crippen LogP contribution < -0.4 is 10.2 Å². The number of fused-ring (bicyclic) bond motifs is 2. The minimum atomic E-state index is -0.0630. The van der Waals surface area contributed by atoms with Gasteiger partial charge in [-0.25, -0.2) is 9.78 Å². The molecule has 3 heterocycles. The lowest BCUT2D eigenvalue weighted by atomic mass is 10.1. The molecule has 0 fully saturated rings. The monoisotopic (exact) mass is 278 g/mol. The quantitative estimate of drug-likeness (QED) is 0.757. The van der Waals surface area contributed by atoms with Crippen molar-refractivity contribution in [3.63, 3.8) is 0 Å². The van der Waals surface area contributed by atoms with Crippen molar-refractivity contribution in [1.82, 2.24) is 15.3 Å². The van der Waals surface area contributed by atoms with E-state index in [0.717, 1.165) is 27.8 Å². The summed E-state index contributed by atoms with van der Waals surface area (Å²) in [7, 11) is 0. The first-order chi connectivity index (χ1) is 10.3. The van der Waals surface area contributed by atoms with E-state index in [4.69, 9.17) is 0 Å². The van der Waals surface area contributed by atoms with Crippen molar-refractivity contribution < 1.29 is 4.79 Å². The largest absolute Gasteiger partial charge is 0.346 e. The van der Waals surface area contributed by atoms with E-state index in [1.807, 2.05) is 42.6 Å². The van der Waals surface area contributed by atoms with E-state index in [-0.39, 0.29) is 6.03 Å². The SMILES string of the molecule is O=C1NCc2ccccc2N1Cc1c[nH]c2ncccc12. The number of benzene rings is 1. The smallest absolute Gasteiger partial charge is 0.322 e. The fraction of sp³-hybridized carbons (Fsp3) is 0.125. The van der Waals surface area contributed by atoms with Crippen LogP contribution in [0.5, 0.6) is 0 Å². The summed E-state index contributed by atoms with van der Waals surface area (Å²) in [5.41, 5.74) is 4.01. The van der Waals surface area contributed by atoms with Crippen molar-refractivity contribution in [2.45, 2.75) is 13.1 Å². The van der Waals surface area contributed by atoms with Crippen LogP contribution in [0.2, 0.25) is 0 Å². The predicted molar refractivity (Wildman–Crippen MR) is 81.0 cm³/mol. The van der Waals surface area contributed by atoms with Gasteiger partial charge in [-0.15, -0.1) is 0 Å². The summed E-state index contributed by atoms with van der Waals surface area (Å²) in [6.45, 7) is 1.11. The van der Waals surface area contributed by atoms with Crippen molar-refractivity contribution in [1.29, 1.82) is 0 Å². The van der Waals surface area contributed by atoms with Gasteiger partial charge in [0.05, 0.1) is 12.2 Å². The van der Waals surface area contributed by atoms with Gasteiger partial charge in [0.2, 0.25) is 0 Å². The number of nitrogens with zero attached hydrogens (tertiary/aromatic N) is 2. The van der Waals surface area contributed by atoms with Crippen LogP contribution in [-0.2, 0) is 13.1 Å². The molecule has 0 radical (unpaired) electrons. The average Bonchev–Trinajstić information content (AvgIpc) is 2.93.